The third-order valence-corrected chi connectivity index (χ3v) is 6.06. The number of unbranched alkanes of at least 4 members (excludes halogenated alkanes) is 6. The maximum absolute atomic E-state index is 12.6. The highest BCUT2D eigenvalue weighted by molar-refractivity contribution is 5.86. The zero-order chi connectivity index (χ0) is 20.1. The molecule has 0 saturated heterocycles. The van der Waals surface area contributed by atoms with Gasteiger partial charge in [-0.3, -0.25) is 9.59 Å². The summed E-state index contributed by atoms with van der Waals surface area (Å²) in [5, 5.41) is 20.7. The number of hydrogen-bond acceptors (Lipinski definition) is 2. The Morgan fingerprint density at radius 3 is 1.04 bits per heavy atom. The van der Waals surface area contributed by atoms with Gasteiger partial charge < -0.3 is 10.2 Å². The van der Waals surface area contributed by atoms with Crippen LogP contribution in [0.2, 0.25) is 0 Å². The van der Waals surface area contributed by atoms with E-state index in [1.165, 1.54) is 0 Å². The van der Waals surface area contributed by atoms with Gasteiger partial charge in [0, 0.05) is 0 Å². The molecule has 0 bridgehead atoms. The molecule has 154 valence electrons. The van der Waals surface area contributed by atoms with Crippen molar-refractivity contribution >= 4 is 11.9 Å². The van der Waals surface area contributed by atoms with Gasteiger partial charge in [0.05, 0.1) is 10.8 Å². The van der Waals surface area contributed by atoms with Crippen LogP contribution < -0.4 is 0 Å². The zero-order valence-electron chi connectivity index (χ0n) is 17.6. The van der Waals surface area contributed by atoms with E-state index in [2.05, 4.69) is 13.8 Å². The van der Waals surface area contributed by atoms with Crippen LogP contribution in [0, 0.1) is 10.8 Å². The second-order valence-electron chi connectivity index (χ2n) is 7.90. The van der Waals surface area contributed by atoms with E-state index in [1.54, 1.807) is 0 Å². The Bertz CT molecular complexity index is 369. The third-order valence-electron chi connectivity index (χ3n) is 6.06. The van der Waals surface area contributed by atoms with Gasteiger partial charge in [-0.25, -0.2) is 0 Å². The second-order valence-corrected chi connectivity index (χ2v) is 7.90. The molecule has 0 rings (SSSR count). The highest BCUT2D eigenvalue weighted by Gasteiger charge is 2.59. The van der Waals surface area contributed by atoms with Gasteiger partial charge in [-0.1, -0.05) is 91.9 Å². The standard InChI is InChI=1S/C22H42O4/c1-5-9-13-17-21(19(23)24,15-11-7-3)22(20(25)26,16-12-8-4)18-14-10-6-2/h5-18H2,1-4H3,(H,23,24)(H,25,26). The highest BCUT2D eigenvalue weighted by atomic mass is 16.4. The first-order chi connectivity index (χ1) is 12.4. The Hall–Kier alpha value is -1.06. The molecule has 4 nitrogen and oxygen atoms in total. The summed E-state index contributed by atoms with van der Waals surface area (Å²) in [5.41, 5.74) is -2.29. The normalized spacial score (nSPS) is 16.0. The average molecular weight is 371 g/mol. The van der Waals surface area contributed by atoms with Crippen molar-refractivity contribution in [2.24, 2.45) is 10.8 Å². The van der Waals surface area contributed by atoms with Gasteiger partial charge in [-0.05, 0) is 25.7 Å². The van der Waals surface area contributed by atoms with Crippen LogP contribution in [0.4, 0.5) is 0 Å². The molecule has 0 radical (unpaired) electrons. The van der Waals surface area contributed by atoms with E-state index >= 15 is 0 Å². The van der Waals surface area contributed by atoms with Crippen LogP contribution in [-0.4, -0.2) is 22.2 Å². The number of carboxylic acid groups (broad SMARTS) is 2. The predicted molar refractivity (Wildman–Crippen MR) is 107 cm³/mol. The van der Waals surface area contributed by atoms with Gasteiger partial charge in [-0.2, -0.15) is 0 Å². The summed E-state index contributed by atoms with van der Waals surface area (Å²) in [6.07, 6.45) is 10.8. The SMILES string of the molecule is CCCCCC(CCCC)(C(=O)O)C(CCCC)(CCCCC)C(=O)O. The van der Waals surface area contributed by atoms with E-state index in [4.69, 9.17) is 0 Å². The highest BCUT2D eigenvalue weighted by Crippen LogP contribution is 2.54. The van der Waals surface area contributed by atoms with Gasteiger partial charge in [0.1, 0.15) is 0 Å². The van der Waals surface area contributed by atoms with Gasteiger partial charge in [0.2, 0.25) is 0 Å². The van der Waals surface area contributed by atoms with Crippen molar-refractivity contribution in [3.8, 4) is 0 Å². The van der Waals surface area contributed by atoms with Gasteiger partial charge >= 0.3 is 11.9 Å². The van der Waals surface area contributed by atoms with E-state index in [0.29, 0.717) is 25.7 Å². The maximum atomic E-state index is 12.6. The molecule has 0 aromatic heterocycles. The number of carboxylic acids is 2. The minimum absolute atomic E-state index is 0.477. The van der Waals surface area contributed by atoms with Crippen molar-refractivity contribution in [2.75, 3.05) is 0 Å². The molecule has 2 unspecified atom stereocenters. The Labute approximate surface area is 160 Å². The molecule has 0 heterocycles. The molecule has 0 spiro atoms. The van der Waals surface area contributed by atoms with Crippen LogP contribution in [-0.2, 0) is 9.59 Å². The lowest BCUT2D eigenvalue weighted by Crippen LogP contribution is -2.53. The summed E-state index contributed by atoms with van der Waals surface area (Å²) in [6, 6.07) is 0. The van der Waals surface area contributed by atoms with Crippen LogP contribution in [0.5, 0.6) is 0 Å². The summed E-state index contributed by atoms with van der Waals surface area (Å²) >= 11 is 0. The molecule has 0 saturated carbocycles. The summed E-state index contributed by atoms with van der Waals surface area (Å²) in [5.74, 6) is -1.78. The zero-order valence-corrected chi connectivity index (χ0v) is 17.6. The molecule has 0 aromatic carbocycles. The molecule has 0 aliphatic carbocycles. The van der Waals surface area contributed by atoms with Crippen molar-refractivity contribution in [2.45, 2.75) is 118 Å². The third kappa shape index (κ3) is 6.28. The lowest BCUT2D eigenvalue weighted by atomic mass is 9.54. The number of carbonyl (C=O) groups is 2. The summed E-state index contributed by atoms with van der Waals surface area (Å²) < 4.78 is 0. The summed E-state index contributed by atoms with van der Waals surface area (Å²) in [7, 11) is 0. The fourth-order valence-corrected chi connectivity index (χ4v) is 4.35. The lowest BCUT2D eigenvalue weighted by molar-refractivity contribution is -0.179. The largest absolute Gasteiger partial charge is 0.481 e. The quantitative estimate of drug-likeness (QED) is 0.280. The molecule has 0 amide bonds. The number of rotatable bonds is 17. The van der Waals surface area contributed by atoms with Crippen molar-refractivity contribution in [3.63, 3.8) is 0 Å². The lowest BCUT2D eigenvalue weighted by Gasteiger charge is -2.46. The minimum atomic E-state index is -1.15. The minimum Gasteiger partial charge on any atom is -0.481 e. The topological polar surface area (TPSA) is 74.6 Å². The molecule has 2 atom stereocenters. The van der Waals surface area contributed by atoms with Crippen LogP contribution in [0.25, 0.3) is 0 Å². The average Bonchev–Trinajstić information content (AvgIpc) is 2.61. The molecule has 4 heteroatoms. The fourth-order valence-electron chi connectivity index (χ4n) is 4.35. The Morgan fingerprint density at radius 1 is 0.538 bits per heavy atom. The molecule has 2 N–H and O–H groups in total. The van der Waals surface area contributed by atoms with Crippen molar-refractivity contribution in [1.29, 1.82) is 0 Å². The Kier molecular flexibility index (Phi) is 12.6. The molecular weight excluding hydrogens is 328 g/mol. The van der Waals surface area contributed by atoms with E-state index in [0.717, 1.165) is 64.2 Å². The van der Waals surface area contributed by atoms with Crippen LogP contribution in [0.15, 0.2) is 0 Å². The van der Waals surface area contributed by atoms with Crippen molar-refractivity contribution in [3.05, 3.63) is 0 Å². The number of aliphatic carboxylic acids is 2. The molecule has 0 aromatic rings. The van der Waals surface area contributed by atoms with E-state index < -0.39 is 22.8 Å². The van der Waals surface area contributed by atoms with E-state index in [1.807, 2.05) is 13.8 Å². The van der Waals surface area contributed by atoms with Gasteiger partial charge in [0.15, 0.2) is 0 Å². The van der Waals surface area contributed by atoms with Gasteiger partial charge in [-0.15, -0.1) is 0 Å². The van der Waals surface area contributed by atoms with Crippen molar-refractivity contribution < 1.29 is 19.8 Å². The fraction of sp³-hybridized carbons (Fsp3) is 0.909. The van der Waals surface area contributed by atoms with Crippen LogP contribution in [0.1, 0.15) is 118 Å². The monoisotopic (exact) mass is 370 g/mol. The second kappa shape index (κ2) is 13.2. The van der Waals surface area contributed by atoms with E-state index in [9.17, 15) is 19.8 Å². The van der Waals surface area contributed by atoms with Crippen molar-refractivity contribution in [1.82, 2.24) is 0 Å². The van der Waals surface area contributed by atoms with Crippen LogP contribution in [0.3, 0.4) is 0 Å². The van der Waals surface area contributed by atoms with E-state index in [-0.39, 0.29) is 0 Å². The molecule has 0 aliphatic heterocycles. The molecule has 26 heavy (non-hydrogen) atoms. The summed E-state index contributed by atoms with van der Waals surface area (Å²) in [4.78, 5) is 25.2. The Morgan fingerprint density at radius 2 is 0.808 bits per heavy atom. The van der Waals surface area contributed by atoms with Crippen LogP contribution >= 0.6 is 0 Å². The maximum Gasteiger partial charge on any atom is 0.310 e. The first kappa shape index (κ1) is 24.9. The molecule has 0 aliphatic rings. The first-order valence-corrected chi connectivity index (χ1v) is 10.8. The Balaban J connectivity index is 6.10. The summed E-state index contributed by atoms with van der Waals surface area (Å²) in [6.45, 7) is 8.28. The molecular formula is C22H42O4. The van der Waals surface area contributed by atoms with Gasteiger partial charge in [0.25, 0.3) is 0 Å². The smallest absolute Gasteiger partial charge is 0.310 e. The first-order valence-electron chi connectivity index (χ1n) is 10.8. The number of hydrogen-bond donors (Lipinski definition) is 2. The predicted octanol–water partition coefficient (Wildman–Crippen LogP) is 6.67. The molecule has 0 fully saturated rings.